The Morgan fingerprint density at radius 1 is 1.45 bits per heavy atom. The molecule has 1 N–H and O–H groups in total. The molecule has 0 aliphatic carbocycles. The average Bonchev–Trinajstić information content (AvgIpc) is 2.44. The van der Waals surface area contributed by atoms with Gasteiger partial charge in [0.2, 0.25) is 0 Å². The molecule has 2 rings (SSSR count). The van der Waals surface area contributed by atoms with Gasteiger partial charge >= 0.3 is 0 Å². The Morgan fingerprint density at radius 3 is 2.70 bits per heavy atom. The zero-order valence-electron chi connectivity index (χ0n) is 12.0. The lowest BCUT2D eigenvalue weighted by molar-refractivity contribution is 0.228. The topological polar surface area (TPSA) is 45.2 Å². The third kappa shape index (κ3) is 4.07. The molecule has 1 fully saturated rings. The van der Waals surface area contributed by atoms with E-state index in [1.54, 1.807) is 6.07 Å². The molecule has 1 saturated heterocycles. The van der Waals surface area contributed by atoms with E-state index < -0.39 is 10.8 Å². The van der Waals surface area contributed by atoms with Crippen LogP contribution < -0.4 is 5.32 Å². The van der Waals surface area contributed by atoms with Gasteiger partial charge in [0.1, 0.15) is 5.82 Å². The first kappa shape index (κ1) is 15.5. The molecule has 1 aliphatic heterocycles. The zero-order valence-corrected chi connectivity index (χ0v) is 12.8. The Bertz CT molecular complexity index is 444. The molecule has 2 atom stereocenters. The molecule has 4 nitrogen and oxygen atoms in total. The maximum Gasteiger partial charge on any atom is 0.141 e. The highest BCUT2D eigenvalue weighted by molar-refractivity contribution is 7.85. The first-order valence-electron chi connectivity index (χ1n) is 6.96. The lowest BCUT2D eigenvalue weighted by atomic mass is 9.97. The van der Waals surface area contributed by atoms with Gasteiger partial charge in [0.15, 0.2) is 0 Å². The molecule has 0 spiro atoms. The lowest BCUT2D eigenvalue weighted by Crippen LogP contribution is -2.42. The van der Waals surface area contributed by atoms with Gasteiger partial charge < -0.3 is 10.2 Å². The van der Waals surface area contributed by atoms with Gasteiger partial charge in [-0.3, -0.25) is 9.19 Å². The van der Waals surface area contributed by atoms with Crippen LogP contribution in [0, 0.1) is 11.7 Å². The van der Waals surface area contributed by atoms with Gasteiger partial charge in [0.25, 0.3) is 0 Å². The predicted molar refractivity (Wildman–Crippen MR) is 79.5 cm³/mol. The molecule has 2 unspecified atom stereocenters. The zero-order chi connectivity index (χ0) is 14.5. The third-order valence-electron chi connectivity index (χ3n) is 3.77. The lowest BCUT2D eigenvalue weighted by Gasteiger charge is -2.32. The quantitative estimate of drug-likeness (QED) is 0.887. The number of rotatable bonds is 5. The molecular formula is C14H22FN3OS. The summed E-state index contributed by atoms with van der Waals surface area (Å²) in [4.78, 5) is 6.52. The highest BCUT2D eigenvalue weighted by Crippen LogP contribution is 2.21. The minimum atomic E-state index is -0.638. The summed E-state index contributed by atoms with van der Waals surface area (Å²) >= 11 is 0. The van der Waals surface area contributed by atoms with Crippen LogP contribution in [0.4, 0.5) is 4.39 Å². The van der Waals surface area contributed by atoms with Gasteiger partial charge in [-0.2, -0.15) is 0 Å². The SMILES string of the molecule is CNC(c1ccc(F)cn1)C(C)CN1CCS(=O)CC1. The Hall–Kier alpha value is -0.850. The fraction of sp³-hybridized carbons (Fsp3) is 0.643. The molecular weight excluding hydrogens is 277 g/mol. The van der Waals surface area contributed by atoms with Crippen molar-refractivity contribution in [2.75, 3.05) is 38.2 Å². The molecule has 6 heteroatoms. The Kier molecular flexibility index (Phi) is 5.63. The second kappa shape index (κ2) is 7.24. The molecule has 112 valence electrons. The standard InChI is InChI=1S/C14H22FN3OS/c1-11(10-18-5-7-20(19)8-6-18)14(16-2)13-4-3-12(15)9-17-13/h3-4,9,11,14,16H,5-8,10H2,1-2H3. The number of hydrogen-bond donors (Lipinski definition) is 1. The number of hydrogen-bond acceptors (Lipinski definition) is 4. The van der Waals surface area contributed by atoms with Crippen molar-refractivity contribution in [3.8, 4) is 0 Å². The average molecular weight is 299 g/mol. The predicted octanol–water partition coefficient (Wildman–Crippen LogP) is 1.18. The monoisotopic (exact) mass is 299 g/mol. The minimum Gasteiger partial charge on any atom is -0.311 e. The first-order valence-corrected chi connectivity index (χ1v) is 8.45. The van der Waals surface area contributed by atoms with Gasteiger partial charge in [0, 0.05) is 41.9 Å². The van der Waals surface area contributed by atoms with Crippen LogP contribution in [-0.2, 0) is 10.8 Å². The van der Waals surface area contributed by atoms with Crippen molar-refractivity contribution >= 4 is 10.8 Å². The van der Waals surface area contributed by atoms with Crippen molar-refractivity contribution in [3.05, 3.63) is 29.8 Å². The van der Waals surface area contributed by atoms with Crippen molar-refractivity contribution in [1.82, 2.24) is 15.2 Å². The van der Waals surface area contributed by atoms with Gasteiger partial charge in [-0.25, -0.2) is 4.39 Å². The number of halogens is 1. The molecule has 1 aliphatic rings. The normalized spacial score (nSPS) is 20.8. The summed E-state index contributed by atoms with van der Waals surface area (Å²) in [7, 11) is 1.26. The highest BCUT2D eigenvalue weighted by Gasteiger charge is 2.23. The Balaban J connectivity index is 1.96. The fourth-order valence-corrected chi connectivity index (χ4v) is 3.79. The molecule has 0 aromatic carbocycles. The maximum absolute atomic E-state index is 12.9. The highest BCUT2D eigenvalue weighted by atomic mass is 32.2. The molecule has 1 aromatic heterocycles. The van der Waals surface area contributed by atoms with E-state index >= 15 is 0 Å². The Labute approximate surface area is 122 Å². The van der Waals surface area contributed by atoms with E-state index in [0.29, 0.717) is 5.92 Å². The summed E-state index contributed by atoms with van der Waals surface area (Å²) in [6.07, 6.45) is 1.26. The van der Waals surface area contributed by atoms with Crippen LogP contribution in [0.3, 0.4) is 0 Å². The number of nitrogens with one attached hydrogen (secondary N) is 1. The van der Waals surface area contributed by atoms with Crippen molar-refractivity contribution in [2.45, 2.75) is 13.0 Å². The van der Waals surface area contributed by atoms with Gasteiger partial charge in [-0.15, -0.1) is 0 Å². The van der Waals surface area contributed by atoms with E-state index in [1.807, 2.05) is 7.05 Å². The second-order valence-electron chi connectivity index (χ2n) is 5.29. The molecule has 1 aromatic rings. The van der Waals surface area contributed by atoms with Crippen LogP contribution in [0.25, 0.3) is 0 Å². The molecule has 0 bridgehead atoms. The molecule has 2 heterocycles. The maximum atomic E-state index is 12.9. The van der Waals surface area contributed by atoms with Crippen LogP contribution in [0.15, 0.2) is 18.3 Å². The number of pyridine rings is 1. The summed E-state index contributed by atoms with van der Waals surface area (Å²) < 4.78 is 24.3. The van der Waals surface area contributed by atoms with Crippen molar-refractivity contribution < 1.29 is 8.60 Å². The smallest absolute Gasteiger partial charge is 0.141 e. The largest absolute Gasteiger partial charge is 0.311 e. The van der Waals surface area contributed by atoms with E-state index in [2.05, 4.69) is 22.1 Å². The second-order valence-corrected chi connectivity index (χ2v) is 6.99. The summed E-state index contributed by atoms with van der Waals surface area (Å²) in [5, 5.41) is 3.26. The molecule has 0 saturated carbocycles. The third-order valence-corrected chi connectivity index (χ3v) is 5.04. The fourth-order valence-electron chi connectivity index (χ4n) is 2.67. The summed E-state index contributed by atoms with van der Waals surface area (Å²) in [5.74, 6) is 1.58. The van der Waals surface area contributed by atoms with Gasteiger partial charge in [-0.05, 0) is 25.1 Å². The van der Waals surface area contributed by atoms with E-state index in [1.165, 1.54) is 12.3 Å². The van der Waals surface area contributed by atoms with E-state index in [0.717, 1.165) is 36.8 Å². The van der Waals surface area contributed by atoms with Crippen molar-refractivity contribution in [1.29, 1.82) is 0 Å². The van der Waals surface area contributed by atoms with Gasteiger partial charge in [-0.1, -0.05) is 6.92 Å². The summed E-state index contributed by atoms with van der Waals surface area (Å²) in [6, 6.07) is 3.28. The van der Waals surface area contributed by atoms with Crippen LogP contribution in [0.1, 0.15) is 18.7 Å². The van der Waals surface area contributed by atoms with Crippen LogP contribution in [0.5, 0.6) is 0 Å². The molecule has 0 amide bonds. The number of aromatic nitrogens is 1. The Morgan fingerprint density at radius 2 is 2.15 bits per heavy atom. The first-order chi connectivity index (χ1) is 9.60. The molecule has 0 radical (unpaired) electrons. The minimum absolute atomic E-state index is 0.100. The van der Waals surface area contributed by atoms with Gasteiger partial charge in [0.05, 0.1) is 17.9 Å². The number of nitrogens with zero attached hydrogens (tertiary/aromatic N) is 2. The van der Waals surface area contributed by atoms with E-state index in [4.69, 9.17) is 0 Å². The van der Waals surface area contributed by atoms with E-state index in [9.17, 15) is 8.60 Å². The van der Waals surface area contributed by atoms with Crippen LogP contribution >= 0.6 is 0 Å². The molecule has 20 heavy (non-hydrogen) atoms. The van der Waals surface area contributed by atoms with Crippen LogP contribution in [-0.4, -0.2) is 52.3 Å². The van der Waals surface area contributed by atoms with Crippen molar-refractivity contribution in [3.63, 3.8) is 0 Å². The van der Waals surface area contributed by atoms with Crippen LogP contribution in [0.2, 0.25) is 0 Å². The summed E-state index contributed by atoms with van der Waals surface area (Å²) in [6.45, 7) is 4.88. The van der Waals surface area contributed by atoms with E-state index in [-0.39, 0.29) is 11.9 Å². The summed E-state index contributed by atoms with van der Waals surface area (Å²) in [5.41, 5.74) is 0.863. The van der Waals surface area contributed by atoms with Crippen molar-refractivity contribution in [2.24, 2.45) is 5.92 Å².